The van der Waals surface area contributed by atoms with Crippen molar-refractivity contribution in [3.05, 3.63) is 60.2 Å². The van der Waals surface area contributed by atoms with Crippen LogP contribution in [0.3, 0.4) is 0 Å². The van der Waals surface area contributed by atoms with E-state index in [1.165, 1.54) is 18.1 Å². The average Bonchev–Trinajstić information content (AvgIpc) is 2.89. The Kier molecular flexibility index (Phi) is 3.62. The monoisotopic (exact) mass is 368 g/mol. The number of carbonyl (C=O) groups is 1. The number of amides is 1. The summed E-state index contributed by atoms with van der Waals surface area (Å²) in [5.74, 6) is 0.287. The first-order chi connectivity index (χ1) is 12.4. The molecule has 0 aliphatic carbocycles. The number of nitrogens with one attached hydrogen (secondary N) is 1. The van der Waals surface area contributed by atoms with Crippen LogP contribution in [0, 0.1) is 0 Å². The molecule has 0 spiro atoms. The fourth-order valence-electron chi connectivity index (χ4n) is 3.27. The molecule has 3 aromatic carbocycles. The van der Waals surface area contributed by atoms with Crippen molar-refractivity contribution in [3.63, 3.8) is 0 Å². The molecule has 1 aliphatic heterocycles. The molecule has 7 heteroatoms. The Morgan fingerprint density at radius 1 is 1.00 bits per heavy atom. The van der Waals surface area contributed by atoms with Gasteiger partial charge in [0.2, 0.25) is 0 Å². The minimum atomic E-state index is -3.87. The lowest BCUT2D eigenvalue weighted by atomic mass is 10.1. The standard InChI is InChI=1S/C19H16N2O4S/c1-21-15-10-11-17(12-6-5-7-13(18(12)15)19(21)22)26(23,24)20-14-8-3-4-9-16(14)25-2/h3-11,20H,1-2H3. The Hall–Kier alpha value is -3.06. The van der Waals surface area contributed by atoms with Gasteiger partial charge >= 0.3 is 0 Å². The number of ether oxygens (including phenoxy) is 1. The van der Waals surface area contributed by atoms with Crippen LogP contribution in [0.2, 0.25) is 0 Å². The summed E-state index contributed by atoms with van der Waals surface area (Å²) in [5, 5.41) is 1.17. The first-order valence-corrected chi connectivity index (χ1v) is 9.42. The Morgan fingerprint density at radius 3 is 2.54 bits per heavy atom. The van der Waals surface area contributed by atoms with Crippen LogP contribution in [0.1, 0.15) is 10.4 Å². The zero-order valence-electron chi connectivity index (χ0n) is 14.2. The fourth-order valence-corrected chi connectivity index (χ4v) is 4.55. The second kappa shape index (κ2) is 5.74. The number of anilines is 2. The maximum atomic E-state index is 13.0. The van der Waals surface area contributed by atoms with Crippen molar-refractivity contribution in [1.82, 2.24) is 0 Å². The molecule has 132 valence electrons. The number of hydrogen-bond acceptors (Lipinski definition) is 4. The quantitative estimate of drug-likeness (QED) is 0.767. The van der Waals surface area contributed by atoms with Crippen molar-refractivity contribution >= 4 is 38.1 Å². The van der Waals surface area contributed by atoms with E-state index in [0.29, 0.717) is 33.5 Å². The summed E-state index contributed by atoms with van der Waals surface area (Å²) in [6, 6.07) is 15.1. The summed E-state index contributed by atoms with van der Waals surface area (Å²) >= 11 is 0. The molecular formula is C19H16N2O4S. The number of hydrogen-bond donors (Lipinski definition) is 1. The number of sulfonamides is 1. The highest BCUT2D eigenvalue weighted by Crippen LogP contribution is 2.40. The van der Waals surface area contributed by atoms with Gasteiger partial charge in [0.1, 0.15) is 5.75 Å². The molecule has 0 unspecified atom stereocenters. The van der Waals surface area contributed by atoms with Gasteiger partial charge in [-0.05, 0) is 30.3 Å². The van der Waals surface area contributed by atoms with Gasteiger partial charge in [0.05, 0.1) is 23.4 Å². The lowest BCUT2D eigenvalue weighted by Crippen LogP contribution is -2.20. The number of para-hydroxylation sites is 2. The van der Waals surface area contributed by atoms with Crippen molar-refractivity contribution in [2.75, 3.05) is 23.8 Å². The van der Waals surface area contributed by atoms with Crippen LogP contribution in [0.5, 0.6) is 5.75 Å². The second-order valence-electron chi connectivity index (χ2n) is 5.98. The van der Waals surface area contributed by atoms with Crippen molar-refractivity contribution < 1.29 is 17.9 Å². The lowest BCUT2D eigenvalue weighted by Gasteiger charge is -2.14. The van der Waals surface area contributed by atoms with E-state index in [2.05, 4.69) is 4.72 Å². The van der Waals surface area contributed by atoms with Crippen molar-refractivity contribution in [2.24, 2.45) is 0 Å². The molecule has 1 amide bonds. The van der Waals surface area contributed by atoms with Crippen LogP contribution in [0.4, 0.5) is 11.4 Å². The van der Waals surface area contributed by atoms with E-state index in [1.54, 1.807) is 55.6 Å². The number of nitrogens with zero attached hydrogens (tertiary/aromatic N) is 1. The molecule has 3 aromatic rings. The highest BCUT2D eigenvalue weighted by molar-refractivity contribution is 7.93. The molecule has 0 radical (unpaired) electrons. The Morgan fingerprint density at radius 2 is 1.77 bits per heavy atom. The minimum absolute atomic E-state index is 0.118. The smallest absolute Gasteiger partial charge is 0.262 e. The molecule has 0 atom stereocenters. The van der Waals surface area contributed by atoms with Gasteiger partial charge in [0, 0.05) is 23.4 Å². The molecule has 4 rings (SSSR count). The summed E-state index contributed by atoms with van der Waals surface area (Å²) in [5.41, 5.74) is 1.57. The normalized spacial score (nSPS) is 13.3. The number of rotatable bonds is 4. The van der Waals surface area contributed by atoms with Gasteiger partial charge < -0.3 is 9.64 Å². The summed E-state index contributed by atoms with van der Waals surface area (Å²) in [7, 11) is -0.714. The molecule has 0 saturated heterocycles. The molecule has 1 heterocycles. The zero-order valence-corrected chi connectivity index (χ0v) is 15.0. The SMILES string of the molecule is COc1ccccc1NS(=O)(=O)c1ccc2c3c(cccc13)C(=O)N2C. The Bertz CT molecular complexity index is 1160. The molecule has 26 heavy (non-hydrogen) atoms. The highest BCUT2D eigenvalue weighted by atomic mass is 32.2. The van der Waals surface area contributed by atoms with E-state index in [0.717, 1.165) is 0 Å². The molecule has 6 nitrogen and oxygen atoms in total. The van der Waals surface area contributed by atoms with E-state index in [1.807, 2.05) is 0 Å². The van der Waals surface area contributed by atoms with Crippen molar-refractivity contribution in [1.29, 1.82) is 0 Å². The molecule has 0 bridgehead atoms. The summed E-state index contributed by atoms with van der Waals surface area (Å²) < 4.78 is 33.8. The van der Waals surface area contributed by atoms with Gasteiger partial charge in [-0.1, -0.05) is 24.3 Å². The first-order valence-electron chi connectivity index (χ1n) is 7.93. The largest absolute Gasteiger partial charge is 0.495 e. The second-order valence-corrected chi connectivity index (χ2v) is 7.63. The Balaban J connectivity index is 1.89. The summed E-state index contributed by atoms with van der Waals surface area (Å²) in [4.78, 5) is 14.0. The number of benzene rings is 3. The molecule has 1 aliphatic rings. The summed E-state index contributed by atoms with van der Waals surface area (Å²) in [6.45, 7) is 0. The van der Waals surface area contributed by atoms with E-state index >= 15 is 0 Å². The maximum Gasteiger partial charge on any atom is 0.262 e. The Labute approximate surface area is 151 Å². The van der Waals surface area contributed by atoms with Gasteiger partial charge in [-0.15, -0.1) is 0 Å². The predicted octanol–water partition coefficient (Wildman–Crippen LogP) is 3.24. The van der Waals surface area contributed by atoms with E-state index in [4.69, 9.17) is 4.74 Å². The third-order valence-corrected chi connectivity index (χ3v) is 5.94. The van der Waals surface area contributed by atoms with Gasteiger partial charge in [0.25, 0.3) is 15.9 Å². The topological polar surface area (TPSA) is 75.7 Å². The van der Waals surface area contributed by atoms with Gasteiger partial charge in [-0.25, -0.2) is 8.42 Å². The van der Waals surface area contributed by atoms with Crippen LogP contribution < -0.4 is 14.4 Å². The molecule has 0 aromatic heterocycles. The van der Waals surface area contributed by atoms with Crippen LogP contribution in [-0.2, 0) is 10.0 Å². The van der Waals surface area contributed by atoms with Crippen LogP contribution >= 0.6 is 0 Å². The van der Waals surface area contributed by atoms with Crippen molar-refractivity contribution in [3.8, 4) is 5.75 Å². The van der Waals surface area contributed by atoms with Gasteiger partial charge in [-0.3, -0.25) is 9.52 Å². The highest BCUT2D eigenvalue weighted by Gasteiger charge is 2.30. The van der Waals surface area contributed by atoms with Crippen LogP contribution in [-0.4, -0.2) is 28.5 Å². The van der Waals surface area contributed by atoms with Gasteiger partial charge in [-0.2, -0.15) is 0 Å². The molecule has 1 N–H and O–H groups in total. The predicted molar refractivity (Wildman–Crippen MR) is 100 cm³/mol. The fraction of sp³-hybridized carbons (Fsp3) is 0.105. The van der Waals surface area contributed by atoms with E-state index in [9.17, 15) is 13.2 Å². The lowest BCUT2D eigenvalue weighted by molar-refractivity contribution is 0.0999. The van der Waals surface area contributed by atoms with Crippen LogP contribution in [0.25, 0.3) is 10.8 Å². The molecule has 0 fully saturated rings. The average molecular weight is 368 g/mol. The first kappa shape index (κ1) is 16.4. The summed E-state index contributed by atoms with van der Waals surface area (Å²) in [6.07, 6.45) is 0. The van der Waals surface area contributed by atoms with E-state index in [-0.39, 0.29) is 10.8 Å². The minimum Gasteiger partial charge on any atom is -0.495 e. The zero-order chi connectivity index (χ0) is 18.5. The third kappa shape index (κ3) is 2.32. The molecule has 0 saturated carbocycles. The maximum absolute atomic E-state index is 13.0. The third-order valence-electron chi connectivity index (χ3n) is 4.52. The van der Waals surface area contributed by atoms with Gasteiger partial charge in [0.15, 0.2) is 0 Å². The van der Waals surface area contributed by atoms with Crippen LogP contribution in [0.15, 0.2) is 59.5 Å². The number of methoxy groups -OCH3 is 1. The van der Waals surface area contributed by atoms with Crippen molar-refractivity contribution in [2.45, 2.75) is 4.90 Å². The van der Waals surface area contributed by atoms with E-state index < -0.39 is 10.0 Å². The molecular weight excluding hydrogens is 352 g/mol. The number of carbonyl (C=O) groups excluding carboxylic acids is 1.